The number of hydrogen-bond acceptors (Lipinski definition) is 1. The zero-order valence-electron chi connectivity index (χ0n) is 9.89. The summed E-state index contributed by atoms with van der Waals surface area (Å²) in [6.07, 6.45) is 7.95. The van der Waals surface area contributed by atoms with Gasteiger partial charge in [-0.25, -0.2) is 0 Å². The maximum Gasteiger partial charge on any atom is 0.125 e. The van der Waals surface area contributed by atoms with Crippen LogP contribution in [0, 0.1) is 10.8 Å². The lowest BCUT2D eigenvalue weighted by molar-refractivity contribution is -0.114. The highest BCUT2D eigenvalue weighted by Gasteiger charge is 2.26. The van der Waals surface area contributed by atoms with Gasteiger partial charge >= 0.3 is 0 Å². The molecule has 1 rings (SSSR count). The van der Waals surface area contributed by atoms with Gasteiger partial charge in [-0.3, -0.25) is 0 Å². The van der Waals surface area contributed by atoms with E-state index in [1.807, 2.05) is 13.8 Å². The first-order chi connectivity index (χ1) is 6.35. The van der Waals surface area contributed by atoms with Crippen LogP contribution in [-0.4, -0.2) is 6.29 Å². The van der Waals surface area contributed by atoms with Gasteiger partial charge in [0.25, 0.3) is 0 Å². The second-order valence-electron chi connectivity index (χ2n) is 6.03. The highest BCUT2D eigenvalue weighted by Crippen LogP contribution is 2.39. The number of rotatable bonds is 3. The largest absolute Gasteiger partial charge is 0.303 e. The monoisotopic (exact) mass is 194 g/mol. The van der Waals surface area contributed by atoms with Crippen molar-refractivity contribution in [1.29, 1.82) is 0 Å². The molecular weight excluding hydrogens is 172 g/mol. The zero-order chi connectivity index (χ0) is 10.8. The van der Waals surface area contributed by atoms with Gasteiger partial charge in [0.15, 0.2) is 0 Å². The minimum Gasteiger partial charge on any atom is -0.303 e. The molecule has 0 saturated heterocycles. The second kappa shape index (κ2) is 3.88. The van der Waals surface area contributed by atoms with Gasteiger partial charge in [0.2, 0.25) is 0 Å². The molecule has 0 fully saturated rings. The first kappa shape index (κ1) is 11.5. The van der Waals surface area contributed by atoms with Crippen LogP contribution in [0.4, 0.5) is 0 Å². The van der Waals surface area contributed by atoms with Crippen LogP contribution >= 0.6 is 0 Å². The smallest absolute Gasteiger partial charge is 0.125 e. The van der Waals surface area contributed by atoms with Crippen molar-refractivity contribution in [3.05, 3.63) is 11.6 Å². The molecule has 0 amide bonds. The van der Waals surface area contributed by atoms with Crippen molar-refractivity contribution >= 4 is 6.29 Å². The Balaban J connectivity index is 2.62. The molecule has 0 heterocycles. The predicted octanol–water partition coefficient (Wildman–Crippen LogP) is 3.74. The maximum atomic E-state index is 10.8. The number of hydrogen-bond donors (Lipinski definition) is 0. The van der Waals surface area contributed by atoms with E-state index in [0.717, 1.165) is 19.1 Å². The first-order valence-corrected chi connectivity index (χ1v) is 5.49. The summed E-state index contributed by atoms with van der Waals surface area (Å²) in [5, 5.41) is 0. The third-order valence-corrected chi connectivity index (χ3v) is 2.96. The normalized spacial score (nSPS) is 21.6. The Morgan fingerprint density at radius 1 is 1.50 bits per heavy atom. The van der Waals surface area contributed by atoms with Crippen LogP contribution in [0.5, 0.6) is 0 Å². The van der Waals surface area contributed by atoms with Crippen molar-refractivity contribution in [2.45, 2.75) is 53.4 Å². The van der Waals surface area contributed by atoms with Crippen molar-refractivity contribution in [1.82, 2.24) is 0 Å². The van der Waals surface area contributed by atoms with Gasteiger partial charge in [-0.1, -0.05) is 39.3 Å². The summed E-state index contributed by atoms with van der Waals surface area (Å²) in [7, 11) is 0. The molecule has 0 N–H and O–H groups in total. The summed E-state index contributed by atoms with van der Waals surface area (Å²) >= 11 is 0. The molecule has 1 heteroatoms. The lowest BCUT2D eigenvalue weighted by Crippen LogP contribution is -2.20. The summed E-state index contributed by atoms with van der Waals surface area (Å²) < 4.78 is 0. The average molecular weight is 194 g/mol. The van der Waals surface area contributed by atoms with Crippen molar-refractivity contribution in [3.63, 3.8) is 0 Å². The van der Waals surface area contributed by atoms with Gasteiger partial charge in [-0.2, -0.15) is 0 Å². The molecule has 1 aliphatic rings. The van der Waals surface area contributed by atoms with Gasteiger partial charge in [0.05, 0.1) is 0 Å². The summed E-state index contributed by atoms with van der Waals surface area (Å²) in [4.78, 5) is 10.8. The first-order valence-electron chi connectivity index (χ1n) is 5.49. The van der Waals surface area contributed by atoms with E-state index in [9.17, 15) is 4.79 Å². The van der Waals surface area contributed by atoms with E-state index < -0.39 is 0 Å². The van der Waals surface area contributed by atoms with Crippen LogP contribution in [0.25, 0.3) is 0 Å². The number of carbonyl (C=O) groups excluding carboxylic acids is 1. The van der Waals surface area contributed by atoms with Crippen LogP contribution in [0.1, 0.15) is 53.4 Å². The third kappa shape index (κ3) is 3.28. The number of aldehydes is 1. The Kier molecular flexibility index (Phi) is 3.18. The molecule has 1 aliphatic carbocycles. The van der Waals surface area contributed by atoms with Crippen molar-refractivity contribution in [2.24, 2.45) is 10.8 Å². The van der Waals surface area contributed by atoms with Crippen molar-refractivity contribution in [3.8, 4) is 0 Å². The highest BCUT2D eigenvalue weighted by atomic mass is 16.1. The van der Waals surface area contributed by atoms with E-state index in [2.05, 4.69) is 19.9 Å². The highest BCUT2D eigenvalue weighted by molar-refractivity contribution is 5.58. The van der Waals surface area contributed by atoms with Crippen molar-refractivity contribution < 1.29 is 4.79 Å². The Bertz CT molecular complexity index is 246. The lowest BCUT2D eigenvalue weighted by atomic mass is 9.73. The SMILES string of the molecule is CC(C)(C=O)CC1=CCCC(C)(C)C1. The van der Waals surface area contributed by atoms with Crippen LogP contribution in [-0.2, 0) is 4.79 Å². The van der Waals surface area contributed by atoms with Gasteiger partial charge in [-0.15, -0.1) is 0 Å². The fraction of sp³-hybridized carbons (Fsp3) is 0.769. The maximum absolute atomic E-state index is 10.8. The van der Waals surface area contributed by atoms with E-state index in [4.69, 9.17) is 0 Å². The van der Waals surface area contributed by atoms with Crippen LogP contribution in [0.2, 0.25) is 0 Å². The molecule has 0 aromatic carbocycles. The van der Waals surface area contributed by atoms with Crippen LogP contribution < -0.4 is 0 Å². The average Bonchev–Trinajstić information content (AvgIpc) is 2.01. The summed E-state index contributed by atoms with van der Waals surface area (Å²) in [6.45, 7) is 8.66. The Morgan fingerprint density at radius 2 is 2.14 bits per heavy atom. The lowest BCUT2D eigenvalue weighted by Gasteiger charge is -2.32. The Hall–Kier alpha value is -0.590. The molecule has 0 aromatic rings. The Morgan fingerprint density at radius 3 is 2.64 bits per heavy atom. The minimum absolute atomic E-state index is 0.181. The molecule has 1 nitrogen and oxygen atoms in total. The van der Waals surface area contributed by atoms with Crippen LogP contribution in [0.3, 0.4) is 0 Å². The molecule has 80 valence electrons. The minimum atomic E-state index is -0.181. The fourth-order valence-corrected chi connectivity index (χ4v) is 2.20. The van der Waals surface area contributed by atoms with E-state index >= 15 is 0 Å². The quantitative estimate of drug-likeness (QED) is 0.494. The van der Waals surface area contributed by atoms with Crippen molar-refractivity contribution in [2.75, 3.05) is 0 Å². The molecule has 0 aromatic heterocycles. The molecule has 0 radical (unpaired) electrons. The van der Waals surface area contributed by atoms with Gasteiger partial charge in [0, 0.05) is 5.41 Å². The molecule has 0 unspecified atom stereocenters. The third-order valence-electron chi connectivity index (χ3n) is 2.96. The number of carbonyl (C=O) groups is 1. The molecule has 0 saturated carbocycles. The second-order valence-corrected chi connectivity index (χ2v) is 6.03. The summed E-state index contributed by atoms with van der Waals surface area (Å²) in [6, 6.07) is 0. The molecular formula is C13H22O. The standard InChI is InChI=1S/C13H22O/c1-12(2)7-5-6-11(8-12)9-13(3,4)10-14/h6,10H,5,7-9H2,1-4H3. The summed E-state index contributed by atoms with van der Waals surface area (Å²) in [5.74, 6) is 0. The number of allylic oxidation sites excluding steroid dienone is 2. The fourth-order valence-electron chi connectivity index (χ4n) is 2.20. The van der Waals surface area contributed by atoms with Gasteiger partial charge in [0.1, 0.15) is 6.29 Å². The van der Waals surface area contributed by atoms with Crippen LogP contribution in [0.15, 0.2) is 11.6 Å². The Labute approximate surface area is 87.6 Å². The van der Waals surface area contributed by atoms with E-state index in [0.29, 0.717) is 5.41 Å². The van der Waals surface area contributed by atoms with E-state index in [1.54, 1.807) is 0 Å². The van der Waals surface area contributed by atoms with Gasteiger partial charge < -0.3 is 4.79 Å². The van der Waals surface area contributed by atoms with Gasteiger partial charge in [-0.05, 0) is 31.1 Å². The predicted molar refractivity (Wildman–Crippen MR) is 60.2 cm³/mol. The molecule has 0 atom stereocenters. The van der Waals surface area contributed by atoms with E-state index in [1.165, 1.54) is 18.4 Å². The topological polar surface area (TPSA) is 17.1 Å². The van der Waals surface area contributed by atoms with E-state index in [-0.39, 0.29) is 5.41 Å². The zero-order valence-corrected chi connectivity index (χ0v) is 9.89. The molecule has 0 aliphatic heterocycles. The molecule has 14 heavy (non-hydrogen) atoms. The molecule has 0 bridgehead atoms. The summed E-state index contributed by atoms with van der Waals surface area (Å²) in [5.41, 5.74) is 1.72. The molecule has 0 spiro atoms.